The van der Waals surface area contributed by atoms with Crippen molar-refractivity contribution in [1.29, 1.82) is 0 Å². The molecule has 1 aliphatic heterocycles. The Morgan fingerprint density at radius 2 is 2.00 bits per heavy atom. The van der Waals surface area contributed by atoms with E-state index in [9.17, 15) is 4.79 Å². The monoisotopic (exact) mass is 437 g/mol. The Hall–Kier alpha value is -2.42. The fraction of sp³-hybridized carbons (Fsp3) is 0.167. The average molecular weight is 438 g/mol. The molecule has 10 heteroatoms. The lowest BCUT2D eigenvalue weighted by Crippen LogP contribution is -3.00. The Balaban J connectivity index is 0.00000225. The van der Waals surface area contributed by atoms with Crippen molar-refractivity contribution < 1.29 is 21.9 Å². The summed E-state index contributed by atoms with van der Waals surface area (Å²) in [4.78, 5) is 23.7. The predicted molar refractivity (Wildman–Crippen MR) is 107 cm³/mol. The fourth-order valence-electron chi connectivity index (χ4n) is 2.63. The van der Waals surface area contributed by atoms with Gasteiger partial charge in [-0.15, -0.1) is 0 Å². The van der Waals surface area contributed by atoms with E-state index in [0.29, 0.717) is 63.1 Å². The van der Waals surface area contributed by atoms with Crippen molar-refractivity contribution in [3.63, 3.8) is 0 Å². The molecule has 2 aromatic carbocycles. The molecular formula is C18H15Cl2N4O3S-. The van der Waals surface area contributed by atoms with Crippen molar-refractivity contribution in [3.05, 3.63) is 57.6 Å². The summed E-state index contributed by atoms with van der Waals surface area (Å²) in [6.45, 7) is 1.05. The van der Waals surface area contributed by atoms with Crippen molar-refractivity contribution in [2.45, 2.75) is 5.75 Å². The quantitative estimate of drug-likeness (QED) is 0.449. The zero-order valence-electron chi connectivity index (χ0n) is 14.4. The molecule has 1 aromatic heterocycles. The van der Waals surface area contributed by atoms with Gasteiger partial charge in [-0.1, -0.05) is 23.4 Å². The number of hydrogen-bond donors (Lipinski definition) is 2. The maximum absolute atomic E-state index is 12.1. The Kier molecular flexibility index (Phi) is 6.33. The second kappa shape index (κ2) is 8.72. The zero-order chi connectivity index (χ0) is 18.8. The summed E-state index contributed by atoms with van der Waals surface area (Å²) in [6.07, 6.45) is 0. The van der Waals surface area contributed by atoms with Crippen LogP contribution < -0.4 is 33.2 Å². The molecular weight excluding hydrogens is 423 g/mol. The van der Waals surface area contributed by atoms with E-state index < -0.39 is 0 Å². The van der Waals surface area contributed by atoms with Gasteiger partial charge in [0.1, 0.15) is 19.0 Å². The van der Waals surface area contributed by atoms with Gasteiger partial charge >= 0.3 is 0 Å². The Labute approximate surface area is 175 Å². The second-order valence-corrected chi connectivity index (χ2v) is 7.17. The van der Waals surface area contributed by atoms with Crippen molar-refractivity contribution >= 4 is 45.1 Å². The number of hydrogen-bond acceptors (Lipinski definition) is 6. The van der Waals surface area contributed by atoms with E-state index in [2.05, 4.69) is 15.0 Å². The van der Waals surface area contributed by atoms with Gasteiger partial charge in [-0.2, -0.15) is 0 Å². The summed E-state index contributed by atoms with van der Waals surface area (Å²) in [6, 6.07) is 10.4. The number of aromatic amines is 1. The van der Waals surface area contributed by atoms with Crippen LogP contribution in [-0.4, -0.2) is 28.3 Å². The summed E-state index contributed by atoms with van der Waals surface area (Å²) >= 11 is 7.25. The number of rotatable bonds is 3. The van der Waals surface area contributed by atoms with Crippen LogP contribution in [0.25, 0.3) is 10.9 Å². The third-order valence-electron chi connectivity index (χ3n) is 3.84. The van der Waals surface area contributed by atoms with Gasteiger partial charge in [0, 0.05) is 11.1 Å². The molecule has 0 fully saturated rings. The van der Waals surface area contributed by atoms with E-state index in [1.807, 2.05) is 0 Å². The maximum Gasteiger partial charge on any atom is 0.258 e. The van der Waals surface area contributed by atoms with E-state index in [1.54, 1.807) is 36.4 Å². The van der Waals surface area contributed by atoms with Crippen molar-refractivity contribution in [1.82, 2.24) is 9.97 Å². The number of nitrogens with one attached hydrogen (secondary N) is 1. The Morgan fingerprint density at radius 1 is 1.21 bits per heavy atom. The van der Waals surface area contributed by atoms with Crippen LogP contribution in [0.4, 0.5) is 5.69 Å². The molecule has 0 bridgehead atoms. The minimum atomic E-state index is -0.213. The molecule has 0 saturated carbocycles. The van der Waals surface area contributed by atoms with E-state index in [4.69, 9.17) is 26.8 Å². The van der Waals surface area contributed by atoms with Crippen LogP contribution in [0.15, 0.2) is 46.2 Å². The van der Waals surface area contributed by atoms with Gasteiger partial charge < -0.3 is 32.6 Å². The molecule has 3 N–H and O–H groups in total. The average Bonchev–Trinajstić information content (AvgIpc) is 2.66. The van der Waals surface area contributed by atoms with Crippen LogP contribution in [0.5, 0.6) is 11.5 Å². The fourth-order valence-corrected chi connectivity index (χ4v) is 3.39. The third-order valence-corrected chi connectivity index (χ3v) is 4.88. The Bertz CT molecular complexity index is 1100. The first kappa shape index (κ1) is 20.3. The van der Waals surface area contributed by atoms with Gasteiger partial charge in [0.25, 0.3) is 5.56 Å². The van der Waals surface area contributed by atoms with Gasteiger partial charge in [0.15, 0.2) is 16.7 Å². The van der Waals surface area contributed by atoms with Gasteiger partial charge in [0.2, 0.25) is 0 Å². The van der Waals surface area contributed by atoms with E-state index in [0.717, 1.165) is 0 Å². The lowest BCUT2D eigenvalue weighted by Gasteiger charge is -2.18. The maximum atomic E-state index is 12.1. The molecule has 4 rings (SSSR count). The number of nitrogens with zero attached hydrogens (tertiary/aromatic N) is 2. The normalized spacial score (nSPS) is 13.2. The first-order chi connectivity index (χ1) is 13.1. The number of amidine groups is 1. The van der Waals surface area contributed by atoms with Gasteiger partial charge in [-0.05, 0) is 30.3 Å². The number of aromatic nitrogens is 2. The van der Waals surface area contributed by atoms with Crippen LogP contribution in [0, 0.1) is 0 Å². The zero-order valence-corrected chi connectivity index (χ0v) is 16.8. The summed E-state index contributed by atoms with van der Waals surface area (Å²) in [5.41, 5.74) is 7.00. The number of thioether (sulfide) groups is 1. The molecule has 2 heterocycles. The number of benzene rings is 2. The molecule has 146 valence electrons. The lowest BCUT2D eigenvalue weighted by atomic mass is 10.2. The summed E-state index contributed by atoms with van der Waals surface area (Å²) in [5.74, 6) is 2.22. The molecule has 28 heavy (non-hydrogen) atoms. The number of aliphatic imine (C=N–C) groups is 1. The first-order valence-electron chi connectivity index (χ1n) is 8.13. The number of halogens is 2. The van der Waals surface area contributed by atoms with Gasteiger partial charge in [-0.3, -0.25) is 4.79 Å². The predicted octanol–water partition coefficient (Wildman–Crippen LogP) is 0.231. The molecule has 3 aromatic rings. The number of ether oxygens (including phenoxy) is 2. The molecule has 0 aliphatic carbocycles. The largest absolute Gasteiger partial charge is 1.00 e. The highest BCUT2D eigenvalue weighted by atomic mass is 35.5. The van der Waals surface area contributed by atoms with Crippen LogP contribution in [-0.2, 0) is 5.75 Å². The smallest absolute Gasteiger partial charge is 0.258 e. The summed E-state index contributed by atoms with van der Waals surface area (Å²) < 4.78 is 11.0. The van der Waals surface area contributed by atoms with Gasteiger partial charge in [0.05, 0.1) is 22.3 Å². The Morgan fingerprint density at radius 3 is 2.82 bits per heavy atom. The molecule has 0 spiro atoms. The van der Waals surface area contributed by atoms with E-state index in [1.165, 1.54) is 11.8 Å². The highest BCUT2D eigenvalue weighted by molar-refractivity contribution is 8.13. The van der Waals surface area contributed by atoms with Crippen LogP contribution in [0.1, 0.15) is 5.82 Å². The molecule has 0 atom stereocenters. The van der Waals surface area contributed by atoms with Gasteiger partial charge in [-0.25, -0.2) is 9.98 Å². The van der Waals surface area contributed by atoms with Crippen molar-refractivity contribution in [2.75, 3.05) is 13.2 Å². The van der Waals surface area contributed by atoms with Crippen molar-refractivity contribution in [2.24, 2.45) is 10.7 Å². The van der Waals surface area contributed by atoms with Crippen LogP contribution >= 0.6 is 23.4 Å². The summed E-state index contributed by atoms with van der Waals surface area (Å²) in [5, 5.41) is 1.37. The highest BCUT2D eigenvalue weighted by Gasteiger charge is 2.12. The molecule has 0 unspecified atom stereocenters. The van der Waals surface area contributed by atoms with Crippen LogP contribution in [0.2, 0.25) is 5.02 Å². The molecule has 0 radical (unpaired) electrons. The van der Waals surface area contributed by atoms with E-state index >= 15 is 0 Å². The minimum absolute atomic E-state index is 0. The summed E-state index contributed by atoms with van der Waals surface area (Å²) in [7, 11) is 0. The lowest BCUT2D eigenvalue weighted by molar-refractivity contribution is -0.00000620. The number of nitrogens with two attached hydrogens (primary N) is 1. The first-order valence-corrected chi connectivity index (χ1v) is 9.50. The number of H-pyrrole nitrogens is 1. The second-order valence-electron chi connectivity index (χ2n) is 5.74. The standard InChI is InChI=1S/C18H15ClN4O3S.ClH/c19-10-1-3-12-13(7-10)22-16(23-17(12)24)9-27-18(20)21-11-2-4-14-15(8-11)26-6-5-25-14;/h1-4,7-8H,5-6,9H2,(H2,20,21)(H,22,23,24);1H/p-1. The van der Waals surface area contributed by atoms with Crippen LogP contribution in [0.3, 0.4) is 0 Å². The molecule has 1 aliphatic rings. The SMILES string of the molecule is NC(=Nc1ccc2c(c1)OCCO2)SCc1nc2cc(Cl)ccc2c(=O)[nH]1.[Cl-]. The highest BCUT2D eigenvalue weighted by Crippen LogP contribution is 2.33. The molecule has 0 amide bonds. The number of fused-ring (bicyclic) bond motifs is 2. The van der Waals surface area contributed by atoms with E-state index in [-0.39, 0.29) is 18.0 Å². The molecule has 7 nitrogen and oxygen atoms in total. The third kappa shape index (κ3) is 4.52. The molecule has 0 saturated heterocycles. The minimum Gasteiger partial charge on any atom is -1.00 e. The topological polar surface area (TPSA) is 103 Å². The van der Waals surface area contributed by atoms with Crippen molar-refractivity contribution in [3.8, 4) is 11.5 Å².